The van der Waals surface area contributed by atoms with E-state index in [1.165, 1.54) is 25.3 Å². The molecule has 0 radical (unpaired) electrons. The van der Waals surface area contributed by atoms with E-state index in [0.29, 0.717) is 42.0 Å². The highest BCUT2D eigenvalue weighted by Crippen LogP contribution is 2.34. The van der Waals surface area contributed by atoms with E-state index in [4.69, 9.17) is 19.9 Å². The number of imide groups is 1. The Hall–Kier alpha value is -4.83. The number of para-hydroxylation sites is 2. The smallest absolute Gasteiger partial charge is 0.414 e. The third kappa shape index (κ3) is 8.60. The van der Waals surface area contributed by atoms with Gasteiger partial charge in [-0.1, -0.05) is 42.5 Å². The first-order chi connectivity index (χ1) is 19.3. The summed E-state index contributed by atoms with van der Waals surface area (Å²) in [7, 11) is 1.42. The van der Waals surface area contributed by atoms with Crippen LogP contribution in [0, 0.1) is 0 Å². The molecule has 0 bridgehead atoms. The largest absolute Gasteiger partial charge is 0.504 e. The molecule has 10 heteroatoms. The first kappa shape index (κ1) is 29.7. The molecule has 40 heavy (non-hydrogen) atoms. The molecule has 3 amide bonds. The standard InChI is InChI=1S/C30H33N3O7/c1-3-39-26(15-9-10-16-27(35)32-23-14-8-7-13-22(23)31)28(21-17-18-25(38-2)24(34)19-21)40-30(37)33-29(36)20-11-5-4-6-12-20/h4-8,10-14,16-19,26,28,34H,3,9,15,31H2,1-2H3,(H,32,35)(H,33,36,37)/b16-10+/t26-,28-/m0/s1. The van der Waals surface area contributed by atoms with Crippen molar-refractivity contribution in [2.45, 2.75) is 32.0 Å². The normalized spacial score (nSPS) is 12.3. The van der Waals surface area contributed by atoms with Crippen molar-refractivity contribution in [3.8, 4) is 11.5 Å². The maximum Gasteiger partial charge on any atom is 0.414 e. The number of aromatic hydroxyl groups is 1. The lowest BCUT2D eigenvalue weighted by atomic mass is 9.99. The second kappa shape index (κ2) is 14.9. The number of nitrogens with two attached hydrogens (primary N) is 1. The van der Waals surface area contributed by atoms with Gasteiger partial charge < -0.3 is 30.4 Å². The van der Waals surface area contributed by atoms with Crippen molar-refractivity contribution in [2.24, 2.45) is 0 Å². The van der Waals surface area contributed by atoms with Crippen molar-refractivity contribution in [2.75, 3.05) is 24.8 Å². The number of carbonyl (C=O) groups is 3. The van der Waals surface area contributed by atoms with Crippen molar-refractivity contribution in [3.63, 3.8) is 0 Å². The molecule has 0 aliphatic rings. The van der Waals surface area contributed by atoms with Crippen molar-refractivity contribution in [1.29, 1.82) is 0 Å². The highest BCUT2D eigenvalue weighted by atomic mass is 16.6. The molecule has 5 N–H and O–H groups in total. The number of hydrogen-bond acceptors (Lipinski definition) is 8. The van der Waals surface area contributed by atoms with Gasteiger partial charge in [0.05, 0.1) is 24.6 Å². The monoisotopic (exact) mass is 547 g/mol. The molecule has 3 rings (SSSR count). The lowest BCUT2D eigenvalue weighted by Crippen LogP contribution is -2.35. The fraction of sp³-hybridized carbons (Fsp3) is 0.233. The number of carbonyl (C=O) groups excluding carboxylic acids is 3. The van der Waals surface area contributed by atoms with Crippen LogP contribution in [0.5, 0.6) is 11.5 Å². The van der Waals surface area contributed by atoms with Crippen LogP contribution in [-0.4, -0.2) is 42.8 Å². The summed E-state index contributed by atoms with van der Waals surface area (Å²) in [5, 5.41) is 15.3. The number of methoxy groups -OCH3 is 1. The van der Waals surface area contributed by atoms with Crippen LogP contribution in [0.2, 0.25) is 0 Å². The third-order valence-corrected chi connectivity index (χ3v) is 5.84. The fourth-order valence-electron chi connectivity index (χ4n) is 3.91. The summed E-state index contributed by atoms with van der Waals surface area (Å²) in [6, 6.07) is 19.8. The third-order valence-electron chi connectivity index (χ3n) is 5.84. The molecule has 0 saturated carbocycles. The van der Waals surface area contributed by atoms with E-state index in [9.17, 15) is 19.5 Å². The number of phenolic OH excluding ortho intramolecular Hbond substituents is 1. The molecule has 0 unspecified atom stereocenters. The van der Waals surface area contributed by atoms with Crippen LogP contribution in [0.1, 0.15) is 41.8 Å². The Bertz CT molecular complexity index is 1330. The van der Waals surface area contributed by atoms with Gasteiger partial charge in [0, 0.05) is 12.2 Å². The van der Waals surface area contributed by atoms with Gasteiger partial charge in [-0.15, -0.1) is 0 Å². The number of nitrogens with one attached hydrogen (secondary N) is 2. The predicted octanol–water partition coefficient (Wildman–Crippen LogP) is 4.97. The lowest BCUT2D eigenvalue weighted by Gasteiger charge is -2.27. The molecule has 0 fully saturated rings. The Labute approximate surface area is 232 Å². The Kier molecular flexibility index (Phi) is 11.1. The van der Waals surface area contributed by atoms with Crippen LogP contribution in [-0.2, 0) is 14.3 Å². The lowest BCUT2D eigenvalue weighted by molar-refractivity contribution is -0.111. The number of phenols is 1. The number of amides is 3. The van der Waals surface area contributed by atoms with E-state index >= 15 is 0 Å². The number of anilines is 2. The number of rotatable bonds is 12. The minimum atomic E-state index is -0.994. The molecule has 0 aromatic heterocycles. The summed E-state index contributed by atoms with van der Waals surface area (Å²) in [6.07, 6.45) is 1.16. The summed E-state index contributed by atoms with van der Waals surface area (Å²) in [5.74, 6) is -0.881. The van der Waals surface area contributed by atoms with Crippen molar-refractivity contribution >= 4 is 29.3 Å². The van der Waals surface area contributed by atoms with E-state index < -0.39 is 24.2 Å². The molecule has 0 aliphatic heterocycles. The van der Waals surface area contributed by atoms with E-state index in [1.807, 2.05) is 0 Å². The Morgan fingerprint density at radius 1 is 1.02 bits per heavy atom. The summed E-state index contributed by atoms with van der Waals surface area (Å²) in [6.45, 7) is 2.09. The number of hydrogen-bond donors (Lipinski definition) is 4. The second-order valence-electron chi connectivity index (χ2n) is 8.63. The number of alkyl carbamates (subject to hydrolysis) is 1. The topological polar surface area (TPSA) is 149 Å². The van der Waals surface area contributed by atoms with Gasteiger partial charge in [-0.25, -0.2) is 4.79 Å². The van der Waals surface area contributed by atoms with Gasteiger partial charge in [-0.2, -0.15) is 0 Å². The maximum absolute atomic E-state index is 12.8. The minimum absolute atomic E-state index is 0.152. The molecule has 3 aromatic carbocycles. The van der Waals surface area contributed by atoms with Gasteiger partial charge in [-0.05, 0) is 67.8 Å². The summed E-state index contributed by atoms with van der Waals surface area (Å²) >= 11 is 0. The van der Waals surface area contributed by atoms with Crippen LogP contribution >= 0.6 is 0 Å². The van der Waals surface area contributed by atoms with Crippen LogP contribution in [0.4, 0.5) is 16.2 Å². The van der Waals surface area contributed by atoms with E-state index in [1.54, 1.807) is 73.7 Å². The molecule has 0 spiro atoms. The quantitative estimate of drug-likeness (QED) is 0.183. The van der Waals surface area contributed by atoms with Gasteiger partial charge in [0.15, 0.2) is 17.6 Å². The minimum Gasteiger partial charge on any atom is -0.504 e. The second-order valence-corrected chi connectivity index (χ2v) is 8.63. The zero-order valence-electron chi connectivity index (χ0n) is 22.3. The first-order valence-corrected chi connectivity index (χ1v) is 12.7. The Balaban J connectivity index is 1.74. The van der Waals surface area contributed by atoms with Gasteiger partial charge >= 0.3 is 6.09 Å². The zero-order valence-corrected chi connectivity index (χ0v) is 22.3. The highest BCUT2D eigenvalue weighted by Gasteiger charge is 2.29. The zero-order chi connectivity index (χ0) is 28.9. The number of nitrogen functional groups attached to an aromatic ring is 1. The average molecular weight is 548 g/mol. The predicted molar refractivity (Wildman–Crippen MR) is 151 cm³/mol. The first-order valence-electron chi connectivity index (χ1n) is 12.7. The van der Waals surface area contributed by atoms with E-state index in [-0.39, 0.29) is 17.4 Å². The van der Waals surface area contributed by atoms with Crippen LogP contribution in [0.15, 0.2) is 84.9 Å². The molecule has 2 atom stereocenters. The summed E-state index contributed by atoms with van der Waals surface area (Å²) in [4.78, 5) is 37.6. The Morgan fingerprint density at radius 2 is 1.75 bits per heavy atom. The molecule has 210 valence electrons. The molecule has 0 heterocycles. The molecule has 3 aromatic rings. The molecule has 0 saturated heterocycles. The molecular weight excluding hydrogens is 514 g/mol. The Morgan fingerprint density at radius 3 is 2.42 bits per heavy atom. The molecule has 0 aliphatic carbocycles. The summed E-state index contributed by atoms with van der Waals surface area (Å²) < 4.78 is 16.7. The van der Waals surface area contributed by atoms with E-state index in [2.05, 4.69) is 10.6 Å². The molecule has 10 nitrogen and oxygen atoms in total. The van der Waals surface area contributed by atoms with Crippen molar-refractivity contribution in [1.82, 2.24) is 5.32 Å². The number of allylic oxidation sites excluding steroid dienone is 1. The molecular formula is C30H33N3O7. The number of ether oxygens (including phenoxy) is 3. The number of benzene rings is 3. The van der Waals surface area contributed by atoms with Crippen molar-refractivity contribution in [3.05, 3.63) is 96.1 Å². The maximum atomic E-state index is 12.8. The van der Waals surface area contributed by atoms with E-state index in [0.717, 1.165) is 0 Å². The van der Waals surface area contributed by atoms with Gasteiger partial charge in [0.25, 0.3) is 5.91 Å². The van der Waals surface area contributed by atoms with Gasteiger partial charge in [0.2, 0.25) is 5.91 Å². The van der Waals surface area contributed by atoms with Crippen LogP contribution < -0.4 is 21.1 Å². The SMILES string of the molecule is CCO[C@@H](CC/C=C/C(=O)Nc1ccccc1N)[C@@H](OC(=O)NC(=O)c1ccccc1)c1ccc(OC)c(O)c1. The average Bonchev–Trinajstić information content (AvgIpc) is 2.95. The summed E-state index contributed by atoms with van der Waals surface area (Å²) in [5.41, 5.74) is 7.55. The van der Waals surface area contributed by atoms with Gasteiger partial charge in [-0.3, -0.25) is 14.9 Å². The van der Waals surface area contributed by atoms with Crippen LogP contribution in [0.3, 0.4) is 0 Å². The van der Waals surface area contributed by atoms with Gasteiger partial charge in [0.1, 0.15) is 0 Å². The van der Waals surface area contributed by atoms with Crippen molar-refractivity contribution < 1.29 is 33.7 Å². The fourth-order valence-corrected chi connectivity index (χ4v) is 3.91. The van der Waals surface area contributed by atoms with Crippen LogP contribution in [0.25, 0.3) is 0 Å². The highest BCUT2D eigenvalue weighted by molar-refractivity contribution is 6.03.